The fourth-order valence-corrected chi connectivity index (χ4v) is 3.80. The third kappa shape index (κ3) is 2.41. The Kier molecular flexibility index (Phi) is 4.22. The van der Waals surface area contributed by atoms with Crippen LogP contribution < -0.4 is 5.32 Å². The first kappa shape index (κ1) is 12.3. The zero-order chi connectivity index (χ0) is 11.4. The van der Waals surface area contributed by atoms with E-state index in [1.165, 1.54) is 25.7 Å². The number of nitrogens with one attached hydrogen (secondary N) is 1. The summed E-state index contributed by atoms with van der Waals surface area (Å²) in [5.74, 6) is 1.87. The van der Waals surface area contributed by atoms with E-state index in [-0.39, 0.29) is 0 Å². The van der Waals surface area contributed by atoms with Gasteiger partial charge >= 0.3 is 0 Å². The van der Waals surface area contributed by atoms with Crippen LogP contribution in [0.5, 0.6) is 0 Å². The van der Waals surface area contributed by atoms with Gasteiger partial charge in [-0.25, -0.2) is 0 Å². The van der Waals surface area contributed by atoms with Crippen LogP contribution in [0.2, 0.25) is 0 Å². The summed E-state index contributed by atoms with van der Waals surface area (Å²) in [6.45, 7) is 3.79. The molecule has 0 spiro atoms. The van der Waals surface area contributed by atoms with Crippen molar-refractivity contribution in [2.75, 3.05) is 40.5 Å². The van der Waals surface area contributed by atoms with E-state index < -0.39 is 0 Å². The molecule has 0 aromatic carbocycles. The molecule has 0 aromatic heterocycles. The van der Waals surface area contributed by atoms with E-state index >= 15 is 0 Å². The van der Waals surface area contributed by atoms with Gasteiger partial charge in [0, 0.05) is 32.7 Å². The fraction of sp³-hybridized carbons (Fsp3) is 1.00. The molecule has 3 heteroatoms. The van der Waals surface area contributed by atoms with Crippen molar-refractivity contribution >= 4 is 0 Å². The lowest BCUT2D eigenvalue weighted by Crippen LogP contribution is -2.42. The quantitative estimate of drug-likeness (QED) is 0.671. The van der Waals surface area contributed by atoms with Crippen molar-refractivity contribution in [2.45, 2.75) is 25.7 Å². The molecule has 2 aliphatic rings. The van der Waals surface area contributed by atoms with Crippen molar-refractivity contribution < 1.29 is 9.47 Å². The van der Waals surface area contributed by atoms with Gasteiger partial charge in [-0.05, 0) is 31.1 Å². The largest absolute Gasteiger partial charge is 0.384 e. The van der Waals surface area contributed by atoms with Gasteiger partial charge in [-0.1, -0.05) is 6.42 Å². The standard InChI is InChI=1S/C13H25NO2/c1-15-6-5-14-9-13(10-16-2)8-11-3-4-12(13)7-11/h11-12,14H,3-10H2,1-2H3. The molecule has 0 aromatic rings. The Bertz CT molecular complexity index is 222. The topological polar surface area (TPSA) is 30.5 Å². The Balaban J connectivity index is 1.84. The molecule has 2 fully saturated rings. The van der Waals surface area contributed by atoms with Gasteiger partial charge in [0.1, 0.15) is 0 Å². The molecule has 0 saturated heterocycles. The minimum absolute atomic E-state index is 0.422. The molecule has 0 amide bonds. The highest BCUT2D eigenvalue weighted by Gasteiger charge is 2.50. The SMILES string of the molecule is COCCNCC1(COC)CC2CCC1C2. The first-order valence-electron chi connectivity index (χ1n) is 6.49. The molecule has 2 aliphatic carbocycles. The fourth-order valence-electron chi connectivity index (χ4n) is 3.80. The third-order valence-corrected chi connectivity index (χ3v) is 4.49. The molecule has 16 heavy (non-hydrogen) atoms. The first-order chi connectivity index (χ1) is 7.80. The number of fused-ring (bicyclic) bond motifs is 2. The molecule has 3 atom stereocenters. The highest BCUT2D eigenvalue weighted by molar-refractivity contribution is 5.01. The maximum absolute atomic E-state index is 5.47. The minimum atomic E-state index is 0.422. The molecule has 3 unspecified atom stereocenters. The van der Waals surface area contributed by atoms with Crippen LogP contribution in [-0.2, 0) is 9.47 Å². The minimum Gasteiger partial charge on any atom is -0.384 e. The molecular formula is C13H25NO2. The normalized spacial score (nSPS) is 37.1. The molecule has 0 heterocycles. The molecule has 1 N–H and O–H groups in total. The van der Waals surface area contributed by atoms with Crippen molar-refractivity contribution in [3.05, 3.63) is 0 Å². The maximum atomic E-state index is 5.47. The van der Waals surface area contributed by atoms with E-state index in [1.54, 1.807) is 7.11 Å². The zero-order valence-electron chi connectivity index (χ0n) is 10.6. The lowest BCUT2D eigenvalue weighted by atomic mass is 9.73. The summed E-state index contributed by atoms with van der Waals surface area (Å²) in [5.41, 5.74) is 0.422. The number of rotatable bonds is 7. The van der Waals surface area contributed by atoms with Crippen LogP contribution >= 0.6 is 0 Å². The zero-order valence-corrected chi connectivity index (χ0v) is 10.6. The Morgan fingerprint density at radius 3 is 2.69 bits per heavy atom. The van der Waals surface area contributed by atoms with E-state index in [1.807, 2.05) is 7.11 Å². The van der Waals surface area contributed by atoms with Crippen molar-refractivity contribution in [2.24, 2.45) is 17.3 Å². The van der Waals surface area contributed by atoms with Gasteiger partial charge in [-0.15, -0.1) is 0 Å². The number of hydrogen-bond acceptors (Lipinski definition) is 3. The van der Waals surface area contributed by atoms with Gasteiger partial charge in [0.2, 0.25) is 0 Å². The molecule has 0 aliphatic heterocycles. The summed E-state index contributed by atoms with van der Waals surface area (Å²) in [4.78, 5) is 0. The Morgan fingerprint density at radius 1 is 1.25 bits per heavy atom. The van der Waals surface area contributed by atoms with E-state index in [0.29, 0.717) is 5.41 Å². The summed E-state index contributed by atoms with van der Waals surface area (Å²) < 4.78 is 10.5. The number of methoxy groups -OCH3 is 2. The lowest BCUT2D eigenvalue weighted by Gasteiger charge is -2.37. The van der Waals surface area contributed by atoms with E-state index in [2.05, 4.69) is 5.32 Å². The summed E-state index contributed by atoms with van der Waals surface area (Å²) in [6, 6.07) is 0. The molecule has 0 radical (unpaired) electrons. The Hall–Kier alpha value is -0.120. The van der Waals surface area contributed by atoms with E-state index in [4.69, 9.17) is 9.47 Å². The second kappa shape index (κ2) is 5.48. The van der Waals surface area contributed by atoms with Crippen molar-refractivity contribution in [3.8, 4) is 0 Å². The smallest absolute Gasteiger partial charge is 0.0587 e. The van der Waals surface area contributed by atoms with Gasteiger partial charge in [0.25, 0.3) is 0 Å². The molecule has 2 rings (SSSR count). The monoisotopic (exact) mass is 227 g/mol. The van der Waals surface area contributed by atoms with Crippen molar-refractivity contribution in [1.29, 1.82) is 0 Å². The second-order valence-electron chi connectivity index (χ2n) is 5.55. The maximum Gasteiger partial charge on any atom is 0.0587 e. The molecule has 2 bridgehead atoms. The predicted molar refractivity (Wildman–Crippen MR) is 64.5 cm³/mol. The van der Waals surface area contributed by atoms with Gasteiger partial charge in [-0.3, -0.25) is 0 Å². The van der Waals surface area contributed by atoms with E-state index in [0.717, 1.165) is 38.1 Å². The molecule has 3 nitrogen and oxygen atoms in total. The van der Waals surface area contributed by atoms with Crippen molar-refractivity contribution in [3.63, 3.8) is 0 Å². The first-order valence-corrected chi connectivity index (χ1v) is 6.49. The molecular weight excluding hydrogens is 202 g/mol. The van der Waals surface area contributed by atoms with Crippen LogP contribution in [0.25, 0.3) is 0 Å². The highest BCUT2D eigenvalue weighted by atomic mass is 16.5. The van der Waals surface area contributed by atoms with E-state index in [9.17, 15) is 0 Å². The third-order valence-electron chi connectivity index (χ3n) is 4.49. The Labute approximate surface area is 98.9 Å². The second-order valence-corrected chi connectivity index (χ2v) is 5.55. The summed E-state index contributed by atoms with van der Waals surface area (Å²) in [5, 5.41) is 3.53. The van der Waals surface area contributed by atoms with Crippen molar-refractivity contribution in [1.82, 2.24) is 5.32 Å². The lowest BCUT2D eigenvalue weighted by molar-refractivity contribution is 0.0335. The van der Waals surface area contributed by atoms with Crippen LogP contribution in [-0.4, -0.2) is 40.5 Å². The van der Waals surface area contributed by atoms with Crippen LogP contribution in [0.4, 0.5) is 0 Å². The Morgan fingerprint density at radius 2 is 2.12 bits per heavy atom. The molecule has 94 valence electrons. The van der Waals surface area contributed by atoms with Gasteiger partial charge < -0.3 is 14.8 Å². The van der Waals surface area contributed by atoms with Crippen LogP contribution in [0.15, 0.2) is 0 Å². The summed E-state index contributed by atoms with van der Waals surface area (Å²) in [7, 11) is 3.59. The average molecular weight is 227 g/mol. The molecule has 2 saturated carbocycles. The highest BCUT2D eigenvalue weighted by Crippen LogP contribution is 2.55. The van der Waals surface area contributed by atoms with Gasteiger partial charge in [-0.2, -0.15) is 0 Å². The van der Waals surface area contributed by atoms with Crippen LogP contribution in [0.3, 0.4) is 0 Å². The van der Waals surface area contributed by atoms with Crippen LogP contribution in [0.1, 0.15) is 25.7 Å². The summed E-state index contributed by atoms with van der Waals surface area (Å²) >= 11 is 0. The summed E-state index contributed by atoms with van der Waals surface area (Å²) in [6.07, 6.45) is 5.68. The van der Waals surface area contributed by atoms with Crippen LogP contribution in [0, 0.1) is 17.3 Å². The number of ether oxygens (including phenoxy) is 2. The predicted octanol–water partition coefficient (Wildman–Crippen LogP) is 1.68. The van der Waals surface area contributed by atoms with Gasteiger partial charge in [0.05, 0.1) is 13.2 Å². The number of hydrogen-bond donors (Lipinski definition) is 1. The van der Waals surface area contributed by atoms with Gasteiger partial charge in [0.15, 0.2) is 0 Å². The average Bonchev–Trinajstić information content (AvgIpc) is 2.85.